The smallest absolute Gasteiger partial charge is 0.444 e. The van der Waals surface area contributed by atoms with E-state index in [1.807, 2.05) is 25.7 Å². The zero-order chi connectivity index (χ0) is 26.0. The summed E-state index contributed by atoms with van der Waals surface area (Å²) in [5.41, 5.74) is -0.0149. The van der Waals surface area contributed by atoms with E-state index in [1.54, 1.807) is 18.0 Å². The third kappa shape index (κ3) is 7.48. The number of likely N-dealkylation sites (N-methyl/N-ethyl adjacent to an activating group) is 1. The van der Waals surface area contributed by atoms with E-state index in [2.05, 4.69) is 31.0 Å². The molecule has 190 valence electrons. The van der Waals surface area contributed by atoms with Gasteiger partial charge in [0.25, 0.3) is 5.91 Å². The summed E-state index contributed by atoms with van der Waals surface area (Å²) in [5.74, 6) is -0.223. The molecule has 1 fully saturated rings. The lowest BCUT2D eigenvalue weighted by atomic mass is 10.2. The normalized spacial score (nSPS) is 16.1. The first-order valence-corrected chi connectivity index (χ1v) is 11.5. The minimum atomic E-state index is -4.79. The SMILES string of the molecule is CN(C(=O)OC(C)(C)C)[C@H]1CCN(c2ncc(C(=O)Nc3ccc(OC(F)(F)F)cc3)cc2Br)C1. The van der Waals surface area contributed by atoms with Crippen molar-refractivity contribution in [3.05, 3.63) is 46.6 Å². The highest BCUT2D eigenvalue weighted by Gasteiger charge is 2.33. The number of nitrogens with one attached hydrogen (secondary N) is 1. The molecule has 0 saturated carbocycles. The van der Waals surface area contributed by atoms with Gasteiger partial charge in [0, 0.05) is 32.0 Å². The molecule has 0 radical (unpaired) electrons. The van der Waals surface area contributed by atoms with E-state index < -0.39 is 17.9 Å². The third-order valence-corrected chi connectivity index (χ3v) is 5.71. The highest BCUT2D eigenvalue weighted by Crippen LogP contribution is 2.30. The molecule has 1 saturated heterocycles. The van der Waals surface area contributed by atoms with E-state index in [4.69, 9.17) is 4.74 Å². The number of halogens is 4. The van der Waals surface area contributed by atoms with Crippen LogP contribution in [0, 0.1) is 0 Å². The van der Waals surface area contributed by atoms with Crippen LogP contribution in [0.2, 0.25) is 0 Å². The van der Waals surface area contributed by atoms with Crippen LogP contribution >= 0.6 is 15.9 Å². The maximum atomic E-state index is 12.6. The van der Waals surface area contributed by atoms with E-state index in [0.717, 1.165) is 18.6 Å². The number of aromatic nitrogens is 1. The van der Waals surface area contributed by atoms with Crippen molar-refractivity contribution in [2.75, 3.05) is 30.4 Å². The fourth-order valence-electron chi connectivity index (χ4n) is 3.46. The topological polar surface area (TPSA) is 84.0 Å². The first-order chi connectivity index (χ1) is 16.2. The standard InChI is InChI=1S/C23H26BrF3N4O4/c1-22(2,3)35-21(33)30(4)16-9-10-31(13-16)19-18(24)11-14(12-28-19)20(32)29-15-5-7-17(8-6-15)34-23(25,26)27/h5-8,11-12,16H,9-10,13H2,1-4H3,(H,29,32)/t16-/m0/s1. The van der Waals surface area contributed by atoms with Crippen LogP contribution in [0.5, 0.6) is 5.75 Å². The van der Waals surface area contributed by atoms with Gasteiger partial charge in [-0.2, -0.15) is 0 Å². The van der Waals surface area contributed by atoms with Crippen LogP contribution in [-0.2, 0) is 4.74 Å². The summed E-state index contributed by atoms with van der Waals surface area (Å²) in [5, 5.41) is 2.61. The molecule has 0 unspecified atom stereocenters. The lowest BCUT2D eigenvalue weighted by Crippen LogP contribution is -2.42. The molecular formula is C23H26BrF3N4O4. The van der Waals surface area contributed by atoms with Crippen LogP contribution in [0.1, 0.15) is 37.6 Å². The molecule has 0 spiro atoms. The summed E-state index contributed by atoms with van der Waals surface area (Å²) in [4.78, 5) is 33.0. The number of anilines is 2. The zero-order valence-corrected chi connectivity index (χ0v) is 21.2. The monoisotopic (exact) mass is 558 g/mol. The molecule has 12 heteroatoms. The van der Waals surface area contributed by atoms with Gasteiger partial charge in [-0.3, -0.25) is 4.79 Å². The number of amides is 2. The summed E-state index contributed by atoms with van der Waals surface area (Å²) in [7, 11) is 1.71. The Balaban J connectivity index is 1.61. The molecule has 0 bridgehead atoms. The molecule has 1 aliphatic heterocycles. The number of benzene rings is 1. The molecule has 0 aliphatic carbocycles. The van der Waals surface area contributed by atoms with Crippen LogP contribution in [0.25, 0.3) is 0 Å². The Morgan fingerprint density at radius 1 is 1.20 bits per heavy atom. The van der Waals surface area contributed by atoms with Crippen molar-refractivity contribution in [2.45, 2.75) is 45.2 Å². The Hall–Kier alpha value is -3.02. The third-order valence-electron chi connectivity index (χ3n) is 5.12. The van der Waals surface area contributed by atoms with Crippen molar-refractivity contribution in [1.29, 1.82) is 0 Å². The van der Waals surface area contributed by atoms with Crippen molar-refractivity contribution in [1.82, 2.24) is 9.88 Å². The van der Waals surface area contributed by atoms with Crippen LogP contribution in [0.3, 0.4) is 0 Å². The maximum absolute atomic E-state index is 12.6. The predicted molar refractivity (Wildman–Crippen MR) is 128 cm³/mol. The Bertz CT molecular complexity index is 1070. The van der Waals surface area contributed by atoms with Gasteiger partial charge >= 0.3 is 12.5 Å². The van der Waals surface area contributed by atoms with E-state index in [9.17, 15) is 22.8 Å². The molecule has 8 nitrogen and oxygen atoms in total. The van der Waals surface area contributed by atoms with Gasteiger partial charge in [0.15, 0.2) is 0 Å². The van der Waals surface area contributed by atoms with Crippen molar-refractivity contribution in [3.8, 4) is 5.75 Å². The van der Waals surface area contributed by atoms with E-state index in [0.29, 0.717) is 29.1 Å². The lowest BCUT2D eigenvalue weighted by Gasteiger charge is -2.28. The number of rotatable bonds is 5. The largest absolute Gasteiger partial charge is 0.573 e. The Labute approximate surface area is 209 Å². The summed E-state index contributed by atoms with van der Waals surface area (Å²) >= 11 is 3.46. The molecule has 2 aromatic rings. The van der Waals surface area contributed by atoms with Gasteiger partial charge in [0.05, 0.1) is 16.1 Å². The van der Waals surface area contributed by atoms with Gasteiger partial charge < -0.3 is 24.6 Å². The number of nitrogens with zero attached hydrogens (tertiary/aromatic N) is 3. The van der Waals surface area contributed by atoms with Crippen LogP contribution < -0.4 is 15.0 Å². The van der Waals surface area contributed by atoms with Gasteiger partial charge in [0.1, 0.15) is 17.2 Å². The van der Waals surface area contributed by atoms with Crippen molar-refractivity contribution in [2.24, 2.45) is 0 Å². The Morgan fingerprint density at radius 3 is 2.43 bits per heavy atom. The average molecular weight is 559 g/mol. The van der Waals surface area contributed by atoms with Gasteiger partial charge in [-0.1, -0.05) is 0 Å². The minimum absolute atomic E-state index is 0.0502. The van der Waals surface area contributed by atoms with Crippen molar-refractivity contribution >= 4 is 39.4 Å². The molecule has 1 aromatic carbocycles. The number of pyridine rings is 1. The second kappa shape index (κ2) is 10.3. The first kappa shape index (κ1) is 26.6. The number of alkyl halides is 3. The molecule has 1 N–H and O–H groups in total. The summed E-state index contributed by atoms with van der Waals surface area (Å²) in [6, 6.07) is 6.40. The lowest BCUT2D eigenvalue weighted by molar-refractivity contribution is -0.274. The molecule has 1 atom stereocenters. The maximum Gasteiger partial charge on any atom is 0.573 e. The van der Waals surface area contributed by atoms with Crippen LogP contribution in [-0.4, -0.2) is 60.0 Å². The van der Waals surface area contributed by atoms with Crippen LogP contribution in [0.15, 0.2) is 41.0 Å². The molecular weight excluding hydrogens is 533 g/mol. The first-order valence-electron chi connectivity index (χ1n) is 10.8. The molecule has 35 heavy (non-hydrogen) atoms. The number of carbonyl (C=O) groups excluding carboxylic acids is 2. The predicted octanol–water partition coefficient (Wildman–Crippen LogP) is 5.44. The second-order valence-electron chi connectivity index (χ2n) is 9.04. The summed E-state index contributed by atoms with van der Waals surface area (Å²) in [6.45, 7) is 6.67. The Morgan fingerprint density at radius 2 is 1.86 bits per heavy atom. The molecule has 1 aromatic heterocycles. The number of ether oxygens (including phenoxy) is 2. The quantitative estimate of drug-likeness (QED) is 0.526. The van der Waals surface area contributed by atoms with Crippen molar-refractivity contribution < 1.29 is 32.2 Å². The number of hydrogen-bond acceptors (Lipinski definition) is 6. The van der Waals surface area contributed by atoms with E-state index in [-0.39, 0.29) is 23.4 Å². The van der Waals surface area contributed by atoms with Gasteiger partial charge in [0.2, 0.25) is 0 Å². The molecule has 2 heterocycles. The zero-order valence-electron chi connectivity index (χ0n) is 19.6. The summed E-state index contributed by atoms with van der Waals surface area (Å²) in [6.07, 6.45) is -3.02. The fraction of sp³-hybridized carbons (Fsp3) is 0.435. The van der Waals surface area contributed by atoms with E-state index >= 15 is 0 Å². The van der Waals surface area contributed by atoms with Gasteiger partial charge in [-0.15, -0.1) is 13.2 Å². The molecule has 2 amide bonds. The van der Waals surface area contributed by atoms with E-state index in [1.165, 1.54) is 18.3 Å². The van der Waals surface area contributed by atoms with Crippen LogP contribution in [0.4, 0.5) is 29.5 Å². The highest BCUT2D eigenvalue weighted by molar-refractivity contribution is 9.10. The van der Waals surface area contributed by atoms with Gasteiger partial charge in [-0.25, -0.2) is 9.78 Å². The Kier molecular flexibility index (Phi) is 7.83. The van der Waals surface area contributed by atoms with Crippen molar-refractivity contribution in [3.63, 3.8) is 0 Å². The summed E-state index contributed by atoms with van der Waals surface area (Å²) < 4.78 is 46.7. The highest BCUT2D eigenvalue weighted by atomic mass is 79.9. The average Bonchev–Trinajstić information content (AvgIpc) is 3.22. The fourth-order valence-corrected chi connectivity index (χ4v) is 4.06. The van der Waals surface area contributed by atoms with Gasteiger partial charge in [-0.05, 0) is 73.5 Å². The molecule has 1 aliphatic rings. The molecule has 3 rings (SSSR count). The number of hydrogen-bond donors (Lipinski definition) is 1. The number of carbonyl (C=O) groups is 2. The minimum Gasteiger partial charge on any atom is -0.444 e. The second-order valence-corrected chi connectivity index (χ2v) is 9.89.